The Morgan fingerprint density at radius 3 is 2.04 bits per heavy atom. The summed E-state index contributed by atoms with van der Waals surface area (Å²) in [5.74, 6) is -0.229. The molecule has 3 saturated heterocycles. The molecule has 7 N–H and O–H groups in total. The predicted octanol–water partition coefficient (Wildman–Crippen LogP) is -5.90. The van der Waals surface area contributed by atoms with Crippen LogP contribution < -0.4 is 59.1 Å². The van der Waals surface area contributed by atoms with Gasteiger partial charge in [0.2, 0.25) is 20.8 Å². The van der Waals surface area contributed by atoms with Crippen molar-refractivity contribution < 1.29 is 162 Å². The summed E-state index contributed by atoms with van der Waals surface area (Å²) in [6.07, 6.45) is -16.7. The Balaban J connectivity index is 0.00000469. The molecule has 4 aliphatic carbocycles. The zero-order valence-corrected chi connectivity index (χ0v) is 47.8. The van der Waals surface area contributed by atoms with Crippen molar-refractivity contribution in [3.63, 3.8) is 0 Å². The molecule has 24 atom stereocenters. The molecule has 3 heterocycles. The largest absolute Gasteiger partial charge is 1.00 e. The van der Waals surface area contributed by atoms with Gasteiger partial charge in [0.1, 0.15) is 61.0 Å². The molecule has 22 nitrogen and oxygen atoms in total. The molecule has 71 heavy (non-hydrogen) atoms. The second-order valence-corrected chi connectivity index (χ2v) is 23.5. The number of fused-ring (bicyclic) bond motifs is 5. The molecule has 0 spiro atoms. The third-order valence-electron chi connectivity index (χ3n) is 17.1. The van der Waals surface area contributed by atoms with E-state index in [1.807, 2.05) is 13.8 Å². The number of ether oxygens (including phenoxy) is 7. The number of hydrogen-bond acceptors (Lipinski definition) is 22. The van der Waals surface area contributed by atoms with E-state index in [2.05, 4.69) is 26.8 Å². The van der Waals surface area contributed by atoms with Crippen LogP contribution >= 0.6 is 0 Å². The standard InChI is InChI=1S/C45H76O22S2.2Na/c1-20(2)30(67-69(56,57)58)11-8-21(3)25-9-10-26-24-17-31(28-16-23(66-68(53,54)55)12-14-45(28,6)27(24)13-15-44(25,26)5)62-42-37(52)39(35(50)32(18-46)63-42)64-43-40(34(49)29(47)19-60-43)65-41-36(51)38(59-7)33(48)22(4)61-41;;/h13,20-26,28-43,46-52H,8-12,14-19H2,1-7H3,(H,53,54,55)(H,56,57,58);;/q;2*+1/p-2/t21-,22-,23+,24+,25-,26+,28-,29-,30+,31+,32-,33-,34+,35-,36-,37-,38+,39+,40-,41+,42-,43+,44-,45-;;/m1../s1. The van der Waals surface area contributed by atoms with Gasteiger partial charge >= 0.3 is 59.1 Å². The summed E-state index contributed by atoms with van der Waals surface area (Å²) in [6.45, 7) is 10.4. The van der Waals surface area contributed by atoms with Crippen LogP contribution in [0, 0.1) is 46.3 Å². The van der Waals surface area contributed by atoms with Crippen LogP contribution in [0.2, 0.25) is 0 Å². The molecule has 0 aromatic heterocycles. The summed E-state index contributed by atoms with van der Waals surface area (Å²) in [6, 6.07) is 0. The Morgan fingerprint density at radius 1 is 0.775 bits per heavy atom. The summed E-state index contributed by atoms with van der Waals surface area (Å²) in [5, 5.41) is 77.4. The van der Waals surface area contributed by atoms with Crippen LogP contribution in [-0.2, 0) is 62.3 Å². The minimum atomic E-state index is -5.08. The van der Waals surface area contributed by atoms with E-state index in [4.69, 9.17) is 41.5 Å². The molecular formula is C45H74Na2O22S2. The van der Waals surface area contributed by atoms with Gasteiger partial charge in [0.15, 0.2) is 18.9 Å². The first kappa shape index (κ1) is 62.8. The Hall–Kier alpha value is 0.920. The van der Waals surface area contributed by atoms with Crippen molar-refractivity contribution in [2.45, 2.75) is 204 Å². The van der Waals surface area contributed by atoms with Crippen molar-refractivity contribution in [1.82, 2.24) is 0 Å². The van der Waals surface area contributed by atoms with E-state index >= 15 is 0 Å². The van der Waals surface area contributed by atoms with Crippen LogP contribution in [0.1, 0.15) is 99.3 Å². The smallest absolute Gasteiger partial charge is 0.726 e. The molecule has 0 unspecified atom stereocenters. The fourth-order valence-corrected chi connectivity index (χ4v) is 14.5. The fraction of sp³-hybridized carbons (Fsp3) is 0.956. The van der Waals surface area contributed by atoms with E-state index in [-0.39, 0.29) is 107 Å². The van der Waals surface area contributed by atoms with Crippen molar-refractivity contribution in [3.05, 3.63) is 11.6 Å². The molecule has 7 aliphatic rings. The van der Waals surface area contributed by atoms with E-state index in [0.29, 0.717) is 25.7 Å². The molecule has 0 aromatic rings. The monoisotopic (exact) mass is 1080 g/mol. The van der Waals surface area contributed by atoms with Crippen molar-refractivity contribution in [2.24, 2.45) is 46.3 Å². The van der Waals surface area contributed by atoms with Crippen molar-refractivity contribution in [3.8, 4) is 0 Å². The SMILES string of the molecule is CO[C@@H]1[C@@H](O)[C@H](O[C@H]2[C@H](O[C@@H]3[C@@H](O)[C@H](O[C@H]4C[C@@H]5C(=CC[C@]6(C)[C@@H]([C@H](C)CC[C@H](OS(=O)(=O)[O-])C(C)C)CC[C@@H]56)[C@@]5(C)CC[C@H](OS(=O)(=O)[O-])C[C@H]45)O[C@H](CO)[C@H]3O)OC[C@@H](O)[C@@H]2O)O[C@H](C)[C@H]1O.[Na+].[Na+]. The molecule has 7 rings (SSSR count). The van der Waals surface area contributed by atoms with Gasteiger partial charge in [0.05, 0.1) is 37.6 Å². The third-order valence-corrected chi connectivity index (χ3v) is 18.1. The summed E-state index contributed by atoms with van der Waals surface area (Å²) < 4.78 is 122. The molecule has 0 bridgehead atoms. The Morgan fingerprint density at radius 2 is 1.42 bits per heavy atom. The Kier molecular flexibility index (Phi) is 22.0. The molecule has 0 amide bonds. The van der Waals surface area contributed by atoms with Crippen LogP contribution in [0.15, 0.2) is 11.6 Å². The van der Waals surface area contributed by atoms with Gasteiger partial charge in [-0.2, -0.15) is 0 Å². The molecular weight excluding hydrogens is 1000 g/mol. The predicted molar refractivity (Wildman–Crippen MR) is 234 cm³/mol. The van der Waals surface area contributed by atoms with Gasteiger partial charge in [-0.15, -0.1) is 0 Å². The number of aliphatic hydroxyl groups excluding tert-OH is 7. The zero-order chi connectivity index (χ0) is 50.7. The Bertz CT molecular complexity index is 2010. The number of hydrogen-bond donors (Lipinski definition) is 7. The summed E-state index contributed by atoms with van der Waals surface area (Å²) in [5.41, 5.74) is 0.395. The van der Waals surface area contributed by atoms with Gasteiger partial charge in [-0.1, -0.05) is 46.3 Å². The van der Waals surface area contributed by atoms with Crippen LogP contribution in [-0.4, -0.2) is 186 Å². The maximum absolute atomic E-state index is 12.1. The fourth-order valence-electron chi connectivity index (χ4n) is 13.4. The van der Waals surface area contributed by atoms with Gasteiger partial charge in [-0.3, -0.25) is 8.37 Å². The number of allylic oxidation sites excluding steroid dienone is 2. The minimum absolute atomic E-state index is 0. The number of rotatable bonds is 17. The van der Waals surface area contributed by atoms with Gasteiger partial charge in [0, 0.05) is 7.11 Å². The van der Waals surface area contributed by atoms with E-state index in [0.717, 1.165) is 19.3 Å². The van der Waals surface area contributed by atoms with Gasteiger partial charge < -0.3 is 78.0 Å². The van der Waals surface area contributed by atoms with Crippen LogP contribution in [0.3, 0.4) is 0 Å². The van der Waals surface area contributed by atoms with Crippen LogP contribution in [0.5, 0.6) is 0 Å². The molecule has 0 radical (unpaired) electrons. The molecule has 3 aliphatic heterocycles. The second kappa shape index (κ2) is 24.9. The van der Waals surface area contributed by atoms with E-state index in [1.54, 1.807) is 0 Å². The van der Waals surface area contributed by atoms with Crippen molar-refractivity contribution in [2.75, 3.05) is 20.3 Å². The van der Waals surface area contributed by atoms with E-state index < -0.39 is 150 Å². The van der Waals surface area contributed by atoms with Gasteiger partial charge in [-0.25, -0.2) is 16.8 Å². The maximum Gasteiger partial charge on any atom is 1.00 e. The van der Waals surface area contributed by atoms with Gasteiger partial charge in [-0.05, 0) is 111 Å². The average Bonchev–Trinajstić information content (AvgIpc) is 3.63. The third kappa shape index (κ3) is 13.5. The minimum Gasteiger partial charge on any atom is -0.726 e. The first-order valence-corrected chi connectivity index (χ1v) is 27.0. The van der Waals surface area contributed by atoms with Gasteiger partial charge in [0.25, 0.3) is 0 Å². The summed E-state index contributed by atoms with van der Waals surface area (Å²) in [7, 11) is -8.70. The van der Waals surface area contributed by atoms with Crippen LogP contribution in [0.25, 0.3) is 0 Å². The summed E-state index contributed by atoms with van der Waals surface area (Å²) >= 11 is 0. The summed E-state index contributed by atoms with van der Waals surface area (Å²) in [4.78, 5) is 0. The first-order chi connectivity index (χ1) is 32.2. The molecule has 400 valence electrons. The van der Waals surface area contributed by atoms with Crippen molar-refractivity contribution in [1.29, 1.82) is 0 Å². The normalized spacial score (nSPS) is 45.8. The average molecular weight is 1080 g/mol. The first-order valence-electron chi connectivity index (χ1n) is 24.3. The van der Waals surface area contributed by atoms with E-state index in [9.17, 15) is 61.7 Å². The number of methoxy groups -OCH3 is 1. The van der Waals surface area contributed by atoms with Crippen molar-refractivity contribution >= 4 is 20.8 Å². The molecule has 6 fully saturated rings. The van der Waals surface area contributed by atoms with Crippen LogP contribution in [0.4, 0.5) is 0 Å². The quantitative estimate of drug-likeness (QED) is 0.0309. The van der Waals surface area contributed by atoms with E-state index in [1.165, 1.54) is 19.6 Å². The maximum atomic E-state index is 12.1. The zero-order valence-electron chi connectivity index (χ0n) is 42.2. The molecule has 0 aromatic carbocycles. The Labute approximate surface area is 461 Å². The number of aliphatic hydroxyl groups is 7. The topological polar surface area (TPSA) is 339 Å². The second-order valence-electron chi connectivity index (χ2n) is 21.5. The molecule has 3 saturated carbocycles. The molecule has 26 heteroatoms.